The zero-order valence-electron chi connectivity index (χ0n) is 12.7. The molecule has 0 aliphatic heterocycles. The highest BCUT2D eigenvalue weighted by atomic mass is 19.4. The predicted molar refractivity (Wildman–Crippen MR) is 78.6 cm³/mol. The summed E-state index contributed by atoms with van der Waals surface area (Å²) in [5.74, 6) is -0.591. The van der Waals surface area contributed by atoms with Gasteiger partial charge in [0.2, 0.25) is 0 Å². The number of aromatic nitrogens is 1. The fourth-order valence-corrected chi connectivity index (χ4v) is 2.08. The third-order valence-corrected chi connectivity index (χ3v) is 3.36. The van der Waals surface area contributed by atoms with Crippen LogP contribution in [0.2, 0.25) is 0 Å². The van der Waals surface area contributed by atoms with Crippen LogP contribution >= 0.6 is 0 Å². The molecule has 2 amide bonds. The second-order valence-electron chi connectivity index (χ2n) is 5.16. The number of urea groups is 1. The third kappa shape index (κ3) is 4.07. The van der Waals surface area contributed by atoms with Crippen LogP contribution in [0.15, 0.2) is 33.5 Å². The van der Waals surface area contributed by atoms with Crippen LogP contribution in [0, 0.1) is 0 Å². The van der Waals surface area contributed by atoms with Crippen LogP contribution in [-0.4, -0.2) is 53.0 Å². The van der Waals surface area contributed by atoms with Crippen LogP contribution in [0.25, 0.3) is 11.1 Å². The largest absolute Gasteiger partial charge is 0.420 e. The van der Waals surface area contributed by atoms with Crippen molar-refractivity contribution < 1.29 is 27.5 Å². The van der Waals surface area contributed by atoms with Gasteiger partial charge in [-0.15, -0.1) is 0 Å². The van der Waals surface area contributed by atoms with E-state index in [0.717, 1.165) is 7.05 Å². The topological polar surface area (TPSA) is 87.7 Å². The minimum Gasteiger partial charge on any atom is -0.408 e. The standard InChI is InChI=1S/C14H16F3N3O4/c1-19(8-11(21)14(15,16)17)12(22)18-6-7-20-9-4-2-3-5-10(9)24-13(20)23/h2-5,11,21H,6-8H2,1H3,(H,18,22)/t11-/m0/s1. The number of para-hydroxylation sites is 2. The number of carbonyl (C=O) groups excluding carboxylic acids is 1. The molecule has 0 aliphatic rings. The molecule has 0 saturated carbocycles. The van der Waals surface area contributed by atoms with Crippen LogP contribution < -0.4 is 11.1 Å². The summed E-state index contributed by atoms with van der Waals surface area (Å²) in [5, 5.41) is 11.3. The Balaban J connectivity index is 1.90. The predicted octanol–water partition coefficient (Wildman–Crippen LogP) is 1.16. The van der Waals surface area contributed by atoms with Crippen molar-refractivity contribution in [3.05, 3.63) is 34.8 Å². The number of carbonyl (C=O) groups is 1. The molecule has 2 N–H and O–H groups in total. The number of rotatable bonds is 5. The van der Waals surface area contributed by atoms with Crippen molar-refractivity contribution in [3.63, 3.8) is 0 Å². The summed E-state index contributed by atoms with van der Waals surface area (Å²) in [5.41, 5.74) is 0.955. The molecule has 132 valence electrons. The monoisotopic (exact) mass is 347 g/mol. The van der Waals surface area contributed by atoms with Gasteiger partial charge in [0.05, 0.1) is 12.1 Å². The molecule has 0 fully saturated rings. The number of nitrogens with one attached hydrogen (secondary N) is 1. The number of amides is 2. The molecular weight excluding hydrogens is 331 g/mol. The van der Waals surface area contributed by atoms with Gasteiger partial charge in [0.1, 0.15) is 0 Å². The Morgan fingerprint density at radius 2 is 2.08 bits per heavy atom. The van der Waals surface area contributed by atoms with E-state index in [1.165, 1.54) is 4.57 Å². The van der Waals surface area contributed by atoms with Crippen molar-refractivity contribution in [2.45, 2.75) is 18.8 Å². The van der Waals surface area contributed by atoms with Crippen LogP contribution in [0.5, 0.6) is 0 Å². The van der Waals surface area contributed by atoms with Crippen molar-refractivity contribution in [2.75, 3.05) is 20.1 Å². The summed E-state index contributed by atoms with van der Waals surface area (Å²) < 4.78 is 43.1. The molecule has 1 aromatic heterocycles. The van der Waals surface area contributed by atoms with Gasteiger partial charge in [-0.25, -0.2) is 9.59 Å². The molecule has 24 heavy (non-hydrogen) atoms. The van der Waals surface area contributed by atoms with Gasteiger partial charge in [0, 0.05) is 20.1 Å². The van der Waals surface area contributed by atoms with Crippen LogP contribution in [0.4, 0.5) is 18.0 Å². The van der Waals surface area contributed by atoms with E-state index in [1.807, 2.05) is 0 Å². The fraction of sp³-hybridized carbons (Fsp3) is 0.429. The van der Waals surface area contributed by atoms with Crippen molar-refractivity contribution >= 4 is 17.1 Å². The Morgan fingerprint density at radius 1 is 1.42 bits per heavy atom. The molecule has 10 heteroatoms. The zero-order chi connectivity index (χ0) is 17.9. The second kappa shape index (κ2) is 6.95. The van der Waals surface area contributed by atoms with Crippen LogP contribution in [-0.2, 0) is 6.54 Å². The van der Waals surface area contributed by atoms with Gasteiger partial charge >= 0.3 is 18.0 Å². The van der Waals surface area contributed by atoms with Crippen molar-refractivity contribution in [1.82, 2.24) is 14.8 Å². The van der Waals surface area contributed by atoms with Gasteiger partial charge in [-0.05, 0) is 12.1 Å². The average Bonchev–Trinajstić information content (AvgIpc) is 2.82. The Kier molecular flexibility index (Phi) is 5.17. The summed E-state index contributed by atoms with van der Waals surface area (Å²) >= 11 is 0. The molecule has 1 aromatic carbocycles. The van der Waals surface area contributed by atoms with E-state index < -0.39 is 30.6 Å². The Labute approximate surface area is 134 Å². The van der Waals surface area contributed by atoms with E-state index in [-0.39, 0.29) is 13.1 Å². The van der Waals surface area contributed by atoms with Crippen LogP contribution in [0.3, 0.4) is 0 Å². The number of aliphatic hydroxyl groups is 1. The molecule has 7 nitrogen and oxygen atoms in total. The molecule has 0 spiro atoms. The highest BCUT2D eigenvalue weighted by Gasteiger charge is 2.39. The summed E-state index contributed by atoms with van der Waals surface area (Å²) in [4.78, 5) is 24.1. The lowest BCUT2D eigenvalue weighted by Gasteiger charge is -2.22. The average molecular weight is 347 g/mol. The number of aliphatic hydroxyl groups excluding tert-OH is 1. The molecule has 1 atom stereocenters. The van der Waals surface area contributed by atoms with Crippen molar-refractivity contribution in [2.24, 2.45) is 0 Å². The first-order chi connectivity index (χ1) is 11.2. The smallest absolute Gasteiger partial charge is 0.408 e. The summed E-state index contributed by atoms with van der Waals surface area (Å²) in [6.07, 6.45) is -7.41. The normalized spacial score (nSPS) is 13.0. The maximum absolute atomic E-state index is 12.2. The Morgan fingerprint density at radius 3 is 2.75 bits per heavy atom. The lowest BCUT2D eigenvalue weighted by Crippen LogP contribution is -2.46. The first-order valence-corrected chi connectivity index (χ1v) is 7.02. The molecule has 0 saturated heterocycles. The second-order valence-corrected chi connectivity index (χ2v) is 5.16. The molecule has 0 radical (unpaired) electrons. The van der Waals surface area contributed by atoms with E-state index in [1.54, 1.807) is 24.3 Å². The number of nitrogens with zero attached hydrogens (tertiary/aromatic N) is 2. The minimum atomic E-state index is -4.79. The summed E-state index contributed by atoms with van der Waals surface area (Å²) in [6.45, 7) is -0.782. The maximum atomic E-state index is 12.2. The SMILES string of the molecule is CN(C[C@H](O)C(F)(F)F)C(=O)NCCn1c(=O)oc2ccccc21. The van der Waals surface area contributed by atoms with Gasteiger partial charge in [-0.2, -0.15) is 13.2 Å². The molecule has 0 aliphatic carbocycles. The number of benzene rings is 1. The van der Waals surface area contributed by atoms with Gasteiger partial charge in [-0.3, -0.25) is 4.57 Å². The molecular formula is C14H16F3N3O4. The number of hydrogen-bond donors (Lipinski definition) is 2. The van der Waals surface area contributed by atoms with Gasteiger partial charge in [0.15, 0.2) is 11.7 Å². The Bertz CT molecular complexity index is 768. The molecule has 0 bridgehead atoms. The molecule has 0 unspecified atom stereocenters. The molecule has 2 rings (SSSR count). The quantitative estimate of drug-likeness (QED) is 0.850. The van der Waals surface area contributed by atoms with Gasteiger partial charge in [-0.1, -0.05) is 12.1 Å². The fourth-order valence-electron chi connectivity index (χ4n) is 2.08. The lowest BCUT2D eigenvalue weighted by molar-refractivity contribution is -0.205. The van der Waals surface area contributed by atoms with Crippen molar-refractivity contribution in [3.8, 4) is 0 Å². The van der Waals surface area contributed by atoms with Gasteiger partial charge < -0.3 is 19.7 Å². The van der Waals surface area contributed by atoms with Gasteiger partial charge in [0.25, 0.3) is 0 Å². The zero-order valence-corrected chi connectivity index (χ0v) is 12.7. The maximum Gasteiger partial charge on any atom is 0.420 e. The highest BCUT2D eigenvalue weighted by molar-refractivity contribution is 5.74. The van der Waals surface area contributed by atoms with Crippen molar-refractivity contribution in [1.29, 1.82) is 0 Å². The van der Waals surface area contributed by atoms with E-state index in [0.29, 0.717) is 16.0 Å². The number of halogens is 3. The number of alkyl halides is 3. The highest BCUT2D eigenvalue weighted by Crippen LogP contribution is 2.20. The van der Waals surface area contributed by atoms with E-state index in [2.05, 4.69) is 5.32 Å². The number of fused-ring (bicyclic) bond motifs is 1. The lowest BCUT2D eigenvalue weighted by atomic mass is 10.3. The molecule has 2 aromatic rings. The van der Waals surface area contributed by atoms with E-state index >= 15 is 0 Å². The summed E-state index contributed by atoms with van der Waals surface area (Å²) in [7, 11) is 1.13. The van der Waals surface area contributed by atoms with Crippen LogP contribution in [0.1, 0.15) is 0 Å². The first-order valence-electron chi connectivity index (χ1n) is 7.02. The number of oxazole rings is 1. The molecule has 1 heterocycles. The Hall–Kier alpha value is -2.49. The first kappa shape index (κ1) is 17.9. The minimum absolute atomic E-state index is 0.00865. The third-order valence-electron chi connectivity index (χ3n) is 3.36. The number of hydrogen-bond acceptors (Lipinski definition) is 4. The van der Waals surface area contributed by atoms with E-state index in [4.69, 9.17) is 9.52 Å². The number of likely N-dealkylation sites (N-methyl/N-ethyl adjacent to an activating group) is 1. The van der Waals surface area contributed by atoms with E-state index in [9.17, 15) is 22.8 Å². The summed E-state index contributed by atoms with van der Waals surface area (Å²) in [6, 6.07) is 5.93.